The minimum absolute atomic E-state index is 0.158. The minimum atomic E-state index is 0.158. The molecule has 1 amide bonds. The van der Waals surface area contributed by atoms with Crippen molar-refractivity contribution in [1.29, 1.82) is 0 Å². The van der Waals surface area contributed by atoms with Crippen LogP contribution in [0.3, 0.4) is 0 Å². The molecule has 5 nitrogen and oxygen atoms in total. The van der Waals surface area contributed by atoms with Crippen LogP contribution in [0.2, 0.25) is 0 Å². The first-order chi connectivity index (χ1) is 8.26. The van der Waals surface area contributed by atoms with E-state index in [0.717, 1.165) is 45.7 Å². The van der Waals surface area contributed by atoms with Crippen molar-refractivity contribution >= 4 is 6.41 Å². The Morgan fingerprint density at radius 1 is 1.53 bits per heavy atom. The summed E-state index contributed by atoms with van der Waals surface area (Å²) in [5, 5.41) is 3.40. The highest BCUT2D eigenvalue weighted by Crippen LogP contribution is 2.05. The quantitative estimate of drug-likeness (QED) is 0.473. The van der Waals surface area contributed by atoms with Crippen LogP contribution in [-0.4, -0.2) is 75.2 Å². The van der Waals surface area contributed by atoms with Gasteiger partial charge in [-0.25, -0.2) is 0 Å². The van der Waals surface area contributed by atoms with Crippen molar-refractivity contribution in [2.24, 2.45) is 0 Å². The summed E-state index contributed by atoms with van der Waals surface area (Å²) in [6.07, 6.45) is 2.19. The van der Waals surface area contributed by atoms with Crippen LogP contribution in [0.4, 0.5) is 0 Å². The van der Waals surface area contributed by atoms with Crippen LogP contribution in [0.25, 0.3) is 0 Å². The average molecular weight is 243 g/mol. The molecule has 0 radical (unpaired) electrons. The molecule has 1 unspecified atom stereocenters. The van der Waals surface area contributed by atoms with Crippen LogP contribution in [0.5, 0.6) is 0 Å². The van der Waals surface area contributed by atoms with E-state index in [-0.39, 0.29) is 6.10 Å². The number of hydrogen-bond acceptors (Lipinski definition) is 4. The van der Waals surface area contributed by atoms with E-state index in [1.165, 1.54) is 6.42 Å². The molecule has 1 heterocycles. The third-order valence-corrected chi connectivity index (χ3v) is 2.93. The van der Waals surface area contributed by atoms with Gasteiger partial charge in [0, 0.05) is 39.8 Å². The first kappa shape index (κ1) is 14.4. The fraction of sp³-hybridized carbons (Fsp3) is 0.917. The summed E-state index contributed by atoms with van der Waals surface area (Å²) in [5.41, 5.74) is 0. The van der Waals surface area contributed by atoms with Gasteiger partial charge in [0.2, 0.25) is 6.41 Å². The highest BCUT2D eigenvalue weighted by molar-refractivity contribution is 5.46. The second-order valence-electron chi connectivity index (χ2n) is 4.59. The maximum atomic E-state index is 10.6. The van der Waals surface area contributed by atoms with Gasteiger partial charge in [-0.2, -0.15) is 0 Å². The second-order valence-corrected chi connectivity index (χ2v) is 4.59. The Balaban J connectivity index is 2.16. The molecule has 17 heavy (non-hydrogen) atoms. The third-order valence-electron chi connectivity index (χ3n) is 2.93. The molecular weight excluding hydrogens is 218 g/mol. The predicted octanol–water partition coefficient (Wildman–Crippen LogP) is -0.225. The van der Waals surface area contributed by atoms with Crippen molar-refractivity contribution in [3.05, 3.63) is 0 Å². The number of ether oxygens (including phenoxy) is 1. The largest absolute Gasteiger partial charge is 0.374 e. The van der Waals surface area contributed by atoms with Crippen LogP contribution in [0.1, 0.15) is 13.3 Å². The predicted molar refractivity (Wildman–Crippen MR) is 68.0 cm³/mol. The topological polar surface area (TPSA) is 44.8 Å². The van der Waals surface area contributed by atoms with Crippen LogP contribution < -0.4 is 5.32 Å². The van der Waals surface area contributed by atoms with E-state index >= 15 is 0 Å². The highest BCUT2D eigenvalue weighted by atomic mass is 16.5. The Labute approximate surface area is 104 Å². The fourth-order valence-electron chi connectivity index (χ4n) is 2.00. The highest BCUT2D eigenvalue weighted by Gasteiger charge is 2.20. The van der Waals surface area contributed by atoms with Gasteiger partial charge in [-0.1, -0.05) is 6.92 Å². The van der Waals surface area contributed by atoms with Gasteiger partial charge in [0.05, 0.1) is 12.7 Å². The van der Waals surface area contributed by atoms with Crippen molar-refractivity contribution in [3.8, 4) is 0 Å². The van der Waals surface area contributed by atoms with E-state index in [4.69, 9.17) is 4.74 Å². The number of carbonyl (C=O) groups is 1. The molecule has 0 saturated carbocycles. The molecule has 0 aromatic rings. The van der Waals surface area contributed by atoms with E-state index in [1.54, 1.807) is 11.9 Å². The van der Waals surface area contributed by atoms with Crippen LogP contribution >= 0.6 is 0 Å². The smallest absolute Gasteiger partial charge is 0.209 e. The second kappa shape index (κ2) is 8.44. The average Bonchev–Trinajstić information content (AvgIpc) is 2.35. The zero-order valence-electron chi connectivity index (χ0n) is 11.0. The lowest BCUT2D eigenvalue weighted by Gasteiger charge is -2.34. The van der Waals surface area contributed by atoms with E-state index in [0.29, 0.717) is 6.54 Å². The number of hydrogen-bond donors (Lipinski definition) is 1. The summed E-state index contributed by atoms with van der Waals surface area (Å²) in [7, 11) is 1.79. The molecule has 1 fully saturated rings. The Hall–Kier alpha value is -0.650. The van der Waals surface area contributed by atoms with Gasteiger partial charge in [0.25, 0.3) is 0 Å². The van der Waals surface area contributed by atoms with E-state index in [1.807, 2.05) is 0 Å². The molecule has 0 aliphatic carbocycles. The monoisotopic (exact) mass is 243 g/mol. The van der Waals surface area contributed by atoms with Crippen LogP contribution in [0.15, 0.2) is 0 Å². The van der Waals surface area contributed by atoms with E-state index in [2.05, 4.69) is 17.1 Å². The number of likely N-dealkylation sites (N-methyl/N-ethyl adjacent to an activating group) is 1. The van der Waals surface area contributed by atoms with Gasteiger partial charge in [-0.3, -0.25) is 9.69 Å². The molecule has 1 aliphatic rings. The zero-order valence-corrected chi connectivity index (χ0v) is 11.0. The third kappa shape index (κ3) is 6.00. The summed E-state index contributed by atoms with van der Waals surface area (Å²) in [5.74, 6) is 0. The van der Waals surface area contributed by atoms with Crippen molar-refractivity contribution < 1.29 is 9.53 Å². The van der Waals surface area contributed by atoms with Gasteiger partial charge in [-0.15, -0.1) is 0 Å². The Morgan fingerprint density at radius 3 is 3.06 bits per heavy atom. The molecule has 5 heteroatoms. The minimum Gasteiger partial charge on any atom is -0.374 e. The lowest BCUT2D eigenvalue weighted by molar-refractivity contribution is -0.120. The first-order valence-corrected chi connectivity index (χ1v) is 6.46. The number of carbonyl (C=O) groups excluding carboxylic acids is 1. The number of amides is 1. The van der Waals surface area contributed by atoms with Gasteiger partial charge in [0.1, 0.15) is 0 Å². The molecule has 0 bridgehead atoms. The van der Waals surface area contributed by atoms with Crippen molar-refractivity contribution in [3.63, 3.8) is 0 Å². The lowest BCUT2D eigenvalue weighted by Crippen LogP contribution is -2.48. The number of nitrogens with zero attached hydrogens (tertiary/aromatic N) is 2. The molecule has 1 atom stereocenters. The SMILES string of the molecule is CCCNCCN1CCOC(CN(C)C=O)C1. The van der Waals surface area contributed by atoms with Crippen LogP contribution in [0, 0.1) is 0 Å². The Kier molecular flexibility index (Phi) is 7.16. The molecule has 1 saturated heterocycles. The zero-order chi connectivity index (χ0) is 12.5. The van der Waals surface area contributed by atoms with Gasteiger partial charge in [-0.05, 0) is 13.0 Å². The molecule has 0 aromatic carbocycles. The number of nitrogens with one attached hydrogen (secondary N) is 1. The maximum Gasteiger partial charge on any atom is 0.209 e. The molecule has 1 aliphatic heterocycles. The lowest BCUT2D eigenvalue weighted by atomic mass is 10.2. The molecule has 100 valence electrons. The van der Waals surface area contributed by atoms with Crippen LogP contribution in [-0.2, 0) is 9.53 Å². The van der Waals surface area contributed by atoms with Crippen molar-refractivity contribution in [1.82, 2.24) is 15.1 Å². The molecular formula is C12H25N3O2. The Morgan fingerprint density at radius 2 is 2.35 bits per heavy atom. The van der Waals surface area contributed by atoms with E-state index < -0.39 is 0 Å². The summed E-state index contributed by atoms with van der Waals surface area (Å²) < 4.78 is 5.65. The molecule has 0 aromatic heterocycles. The molecule has 1 rings (SSSR count). The fourth-order valence-corrected chi connectivity index (χ4v) is 2.00. The van der Waals surface area contributed by atoms with Crippen molar-refractivity contribution in [2.75, 3.05) is 52.9 Å². The number of rotatable bonds is 8. The normalized spacial score (nSPS) is 21.4. The summed E-state index contributed by atoms with van der Waals surface area (Å²) in [6, 6.07) is 0. The summed E-state index contributed by atoms with van der Waals surface area (Å²) in [6.45, 7) is 8.72. The van der Waals surface area contributed by atoms with Gasteiger partial charge < -0.3 is 15.0 Å². The summed E-state index contributed by atoms with van der Waals surface area (Å²) >= 11 is 0. The first-order valence-electron chi connectivity index (χ1n) is 6.46. The van der Waals surface area contributed by atoms with Gasteiger partial charge >= 0.3 is 0 Å². The maximum absolute atomic E-state index is 10.6. The summed E-state index contributed by atoms with van der Waals surface area (Å²) in [4.78, 5) is 14.6. The standard InChI is InChI=1S/C12H25N3O2/c1-3-4-13-5-6-15-7-8-17-12(10-15)9-14(2)11-16/h11-13H,3-10H2,1-2H3. The van der Waals surface area contributed by atoms with Gasteiger partial charge in [0.15, 0.2) is 0 Å². The molecule has 0 spiro atoms. The number of morpholine rings is 1. The van der Waals surface area contributed by atoms with Crippen molar-refractivity contribution in [2.45, 2.75) is 19.4 Å². The Bertz CT molecular complexity index is 214. The molecule has 1 N–H and O–H groups in total. The van der Waals surface area contributed by atoms with E-state index in [9.17, 15) is 4.79 Å².